The minimum atomic E-state index is -0.580. The van der Waals surface area contributed by atoms with E-state index in [1.54, 1.807) is 14.2 Å². The molecule has 1 fully saturated rings. The summed E-state index contributed by atoms with van der Waals surface area (Å²) in [5.41, 5.74) is 1.74. The van der Waals surface area contributed by atoms with E-state index >= 15 is 0 Å². The topological polar surface area (TPSA) is 35.5 Å². The number of alkyl halides is 1. The third kappa shape index (κ3) is 3.17. The molecule has 1 aromatic rings. The molecule has 0 radical (unpaired) electrons. The number of methoxy groups -OCH3 is 2. The lowest BCUT2D eigenvalue weighted by Gasteiger charge is -2.26. The fraction of sp³-hybridized carbons (Fsp3) is 0.400. The monoisotopic (exact) mass is 280 g/mol. The average Bonchev–Trinajstić information content (AvgIpc) is 2.45. The molecule has 3 nitrogen and oxygen atoms in total. The van der Waals surface area contributed by atoms with Crippen LogP contribution in [0, 0.1) is 0 Å². The van der Waals surface area contributed by atoms with E-state index in [1.165, 1.54) is 0 Å². The number of rotatable bonds is 3. The Morgan fingerprint density at radius 3 is 2.53 bits per heavy atom. The zero-order chi connectivity index (χ0) is 13.8. The van der Waals surface area contributed by atoms with Gasteiger partial charge in [0.25, 0.3) is 0 Å². The van der Waals surface area contributed by atoms with Crippen molar-refractivity contribution in [3.63, 3.8) is 0 Å². The SMILES string of the molecule is COc1ccc(C=C2CCC(OC)C(Cl)C2=O)cc1. The second kappa shape index (κ2) is 6.22. The number of ether oxygens (including phenoxy) is 2. The van der Waals surface area contributed by atoms with Gasteiger partial charge in [-0.25, -0.2) is 0 Å². The van der Waals surface area contributed by atoms with Gasteiger partial charge in [0.1, 0.15) is 11.1 Å². The number of benzene rings is 1. The average molecular weight is 281 g/mol. The Balaban J connectivity index is 2.16. The molecule has 0 N–H and O–H groups in total. The molecule has 19 heavy (non-hydrogen) atoms. The van der Waals surface area contributed by atoms with Crippen molar-refractivity contribution in [2.45, 2.75) is 24.3 Å². The summed E-state index contributed by atoms with van der Waals surface area (Å²) in [5, 5.41) is -0.580. The summed E-state index contributed by atoms with van der Waals surface area (Å²) >= 11 is 6.11. The van der Waals surface area contributed by atoms with Crippen LogP contribution in [0.25, 0.3) is 6.08 Å². The van der Waals surface area contributed by atoms with E-state index in [-0.39, 0.29) is 11.9 Å². The third-order valence-corrected chi connectivity index (χ3v) is 3.83. The molecular weight excluding hydrogens is 264 g/mol. The van der Waals surface area contributed by atoms with Gasteiger partial charge >= 0.3 is 0 Å². The first-order valence-electron chi connectivity index (χ1n) is 6.21. The smallest absolute Gasteiger partial charge is 0.179 e. The van der Waals surface area contributed by atoms with Crippen LogP contribution < -0.4 is 4.74 Å². The zero-order valence-electron chi connectivity index (χ0n) is 11.1. The molecule has 1 aliphatic rings. The maximum absolute atomic E-state index is 12.1. The number of hydrogen-bond acceptors (Lipinski definition) is 3. The lowest BCUT2D eigenvalue weighted by Crippen LogP contribution is -2.36. The van der Waals surface area contributed by atoms with E-state index in [2.05, 4.69) is 0 Å². The van der Waals surface area contributed by atoms with E-state index in [1.807, 2.05) is 30.3 Å². The van der Waals surface area contributed by atoms with Crippen molar-refractivity contribution in [1.82, 2.24) is 0 Å². The Kier molecular flexibility index (Phi) is 4.61. The lowest BCUT2D eigenvalue weighted by atomic mass is 9.89. The zero-order valence-corrected chi connectivity index (χ0v) is 11.8. The summed E-state index contributed by atoms with van der Waals surface area (Å²) in [6.07, 6.45) is 3.19. The van der Waals surface area contributed by atoms with E-state index in [0.717, 1.165) is 23.3 Å². The Morgan fingerprint density at radius 2 is 1.95 bits per heavy atom. The summed E-state index contributed by atoms with van der Waals surface area (Å²) in [6.45, 7) is 0. The lowest BCUT2D eigenvalue weighted by molar-refractivity contribution is -0.118. The van der Waals surface area contributed by atoms with Crippen molar-refractivity contribution < 1.29 is 14.3 Å². The summed E-state index contributed by atoms with van der Waals surface area (Å²) in [4.78, 5) is 12.1. The molecule has 0 spiro atoms. The van der Waals surface area contributed by atoms with Crippen LogP contribution in [0.5, 0.6) is 5.75 Å². The number of halogens is 1. The van der Waals surface area contributed by atoms with Gasteiger partial charge in [-0.2, -0.15) is 0 Å². The summed E-state index contributed by atoms with van der Waals surface area (Å²) in [6, 6.07) is 7.58. The van der Waals surface area contributed by atoms with Crippen molar-refractivity contribution in [1.29, 1.82) is 0 Å². The van der Waals surface area contributed by atoms with E-state index in [0.29, 0.717) is 6.42 Å². The van der Waals surface area contributed by atoms with Gasteiger partial charge in [0.05, 0.1) is 13.2 Å². The van der Waals surface area contributed by atoms with Gasteiger partial charge < -0.3 is 9.47 Å². The molecule has 0 bridgehead atoms. The quantitative estimate of drug-likeness (QED) is 0.630. The molecule has 0 saturated heterocycles. The van der Waals surface area contributed by atoms with Crippen molar-refractivity contribution >= 4 is 23.5 Å². The molecule has 0 heterocycles. The highest BCUT2D eigenvalue weighted by Crippen LogP contribution is 2.28. The highest BCUT2D eigenvalue weighted by atomic mass is 35.5. The van der Waals surface area contributed by atoms with Gasteiger partial charge in [-0.3, -0.25) is 4.79 Å². The maximum atomic E-state index is 12.1. The number of Topliss-reactive ketones (excluding diaryl/α,β-unsaturated/α-hetero) is 1. The van der Waals surface area contributed by atoms with Crippen LogP contribution >= 0.6 is 11.6 Å². The van der Waals surface area contributed by atoms with Crippen LogP contribution in [-0.4, -0.2) is 31.5 Å². The van der Waals surface area contributed by atoms with E-state index < -0.39 is 5.38 Å². The first-order chi connectivity index (χ1) is 9.15. The van der Waals surface area contributed by atoms with Gasteiger partial charge in [-0.15, -0.1) is 11.6 Å². The van der Waals surface area contributed by atoms with Gasteiger partial charge in [0.15, 0.2) is 5.78 Å². The van der Waals surface area contributed by atoms with Crippen LogP contribution in [0.3, 0.4) is 0 Å². The fourth-order valence-corrected chi connectivity index (χ4v) is 2.56. The molecule has 2 unspecified atom stereocenters. The van der Waals surface area contributed by atoms with Crippen molar-refractivity contribution in [3.05, 3.63) is 35.4 Å². The normalized spacial score (nSPS) is 25.6. The molecule has 102 valence electrons. The summed E-state index contributed by atoms with van der Waals surface area (Å²) in [7, 11) is 3.21. The molecule has 2 rings (SSSR count). The third-order valence-electron chi connectivity index (χ3n) is 3.35. The minimum absolute atomic E-state index is 0.0319. The van der Waals surface area contributed by atoms with Crippen LogP contribution in [0.1, 0.15) is 18.4 Å². The fourth-order valence-electron chi connectivity index (χ4n) is 2.20. The first kappa shape index (κ1) is 14.1. The second-order valence-corrected chi connectivity index (χ2v) is 4.99. The number of carbonyl (C=O) groups excluding carboxylic acids is 1. The summed E-state index contributed by atoms with van der Waals surface area (Å²) < 4.78 is 10.3. The number of carbonyl (C=O) groups is 1. The largest absolute Gasteiger partial charge is 0.497 e. The maximum Gasteiger partial charge on any atom is 0.179 e. The molecule has 0 aromatic heterocycles. The van der Waals surface area contributed by atoms with Gasteiger partial charge in [0, 0.05) is 7.11 Å². The van der Waals surface area contributed by atoms with Crippen molar-refractivity contribution in [2.75, 3.05) is 14.2 Å². The van der Waals surface area contributed by atoms with E-state index in [4.69, 9.17) is 21.1 Å². The highest BCUT2D eigenvalue weighted by Gasteiger charge is 2.33. The van der Waals surface area contributed by atoms with Crippen LogP contribution in [0.4, 0.5) is 0 Å². The predicted molar refractivity (Wildman–Crippen MR) is 75.7 cm³/mol. The number of allylic oxidation sites excluding steroid dienone is 1. The van der Waals surface area contributed by atoms with Crippen LogP contribution in [0.2, 0.25) is 0 Å². The molecule has 1 saturated carbocycles. The van der Waals surface area contributed by atoms with Crippen LogP contribution in [-0.2, 0) is 9.53 Å². The Bertz CT molecular complexity index is 479. The molecule has 0 amide bonds. The number of ketones is 1. The predicted octanol–water partition coefficient (Wildman–Crippen LogP) is 3.06. The molecule has 0 aliphatic heterocycles. The van der Waals surface area contributed by atoms with Gasteiger partial charge in [-0.05, 0) is 42.2 Å². The molecule has 1 aliphatic carbocycles. The summed E-state index contributed by atoms with van der Waals surface area (Å²) in [5.74, 6) is 0.766. The Hall–Kier alpha value is -1.32. The molecule has 1 aromatic carbocycles. The van der Waals surface area contributed by atoms with Crippen molar-refractivity contribution in [2.24, 2.45) is 0 Å². The van der Waals surface area contributed by atoms with Crippen LogP contribution in [0.15, 0.2) is 29.8 Å². The van der Waals surface area contributed by atoms with Crippen molar-refractivity contribution in [3.8, 4) is 5.75 Å². The highest BCUT2D eigenvalue weighted by molar-refractivity contribution is 6.35. The Morgan fingerprint density at radius 1 is 1.26 bits per heavy atom. The minimum Gasteiger partial charge on any atom is -0.497 e. The molecular formula is C15H17ClO3. The molecule has 2 atom stereocenters. The Labute approximate surface area is 118 Å². The van der Waals surface area contributed by atoms with E-state index in [9.17, 15) is 4.79 Å². The molecule has 4 heteroatoms. The van der Waals surface area contributed by atoms with Gasteiger partial charge in [0.2, 0.25) is 0 Å². The van der Waals surface area contributed by atoms with Gasteiger partial charge in [-0.1, -0.05) is 12.1 Å². The standard InChI is InChI=1S/C15H17ClO3/c1-18-12-6-3-10(4-7-12)9-11-5-8-13(19-2)14(16)15(11)17/h3-4,6-7,9,13-14H,5,8H2,1-2H3. The number of hydrogen-bond donors (Lipinski definition) is 0. The second-order valence-electron chi connectivity index (χ2n) is 4.52. The first-order valence-corrected chi connectivity index (χ1v) is 6.65.